The summed E-state index contributed by atoms with van der Waals surface area (Å²) in [6.45, 7) is 0.482. The Morgan fingerprint density at radius 1 is 1.07 bits per heavy atom. The summed E-state index contributed by atoms with van der Waals surface area (Å²) in [5.41, 5.74) is 2.04. The van der Waals surface area contributed by atoms with Gasteiger partial charge >= 0.3 is 0 Å². The highest BCUT2D eigenvalue weighted by atomic mass is 32.1. The minimum absolute atomic E-state index is 0.235. The molecule has 4 heterocycles. The molecule has 0 saturated heterocycles. The first-order valence-corrected chi connectivity index (χ1v) is 9.47. The summed E-state index contributed by atoms with van der Waals surface area (Å²) in [6, 6.07) is 15.7. The molecule has 5 aromatic rings. The highest BCUT2D eigenvalue weighted by molar-refractivity contribution is 7.19. The van der Waals surface area contributed by atoms with E-state index in [4.69, 9.17) is 14.2 Å². The second kappa shape index (κ2) is 5.96. The number of hydrogen-bond donors (Lipinski definition) is 1. The molecule has 0 amide bonds. The first-order chi connectivity index (χ1) is 13.8. The molecule has 138 valence electrons. The number of aromatic nitrogens is 5. The minimum atomic E-state index is 0.235. The van der Waals surface area contributed by atoms with Crippen LogP contribution in [0.2, 0.25) is 0 Å². The smallest absolute Gasteiger partial charge is 0.235 e. The summed E-state index contributed by atoms with van der Waals surface area (Å²) in [5.74, 6) is 2.71. The average molecular weight is 391 g/mol. The van der Waals surface area contributed by atoms with Gasteiger partial charge in [0.05, 0.1) is 5.69 Å². The van der Waals surface area contributed by atoms with Crippen LogP contribution in [0.4, 0.5) is 0 Å². The third-order valence-corrected chi connectivity index (χ3v) is 5.46. The van der Waals surface area contributed by atoms with E-state index in [1.165, 1.54) is 11.3 Å². The monoisotopic (exact) mass is 391 g/mol. The third-order valence-electron chi connectivity index (χ3n) is 4.53. The van der Waals surface area contributed by atoms with Crippen LogP contribution >= 0.6 is 11.3 Å². The van der Waals surface area contributed by atoms with Crippen LogP contribution in [0.1, 0.15) is 5.82 Å². The molecule has 0 spiro atoms. The van der Waals surface area contributed by atoms with E-state index in [9.17, 15) is 0 Å². The summed E-state index contributed by atoms with van der Waals surface area (Å²) in [5, 5.41) is 15.1. The molecule has 0 radical (unpaired) electrons. The highest BCUT2D eigenvalue weighted by Crippen LogP contribution is 2.35. The summed E-state index contributed by atoms with van der Waals surface area (Å²) in [4.78, 5) is 4.11. The van der Waals surface area contributed by atoms with Crippen LogP contribution < -0.4 is 14.2 Å². The molecule has 1 N–H and O–H groups in total. The van der Waals surface area contributed by atoms with Crippen LogP contribution in [0.15, 0.2) is 48.5 Å². The number of nitrogens with one attached hydrogen (secondary N) is 1. The number of hydrogen-bond acceptors (Lipinski definition) is 7. The van der Waals surface area contributed by atoms with Gasteiger partial charge in [-0.3, -0.25) is 0 Å². The molecule has 1 aliphatic rings. The Balaban J connectivity index is 1.28. The van der Waals surface area contributed by atoms with Gasteiger partial charge in [0.1, 0.15) is 12.4 Å². The van der Waals surface area contributed by atoms with Crippen molar-refractivity contribution >= 4 is 27.2 Å². The standard InChI is InChI=1S/C19H13N5O3S/c1-2-4-13-11(3-1)7-14(20-13)18-23-24-17(21-22-19(24)28-18)9-25-12-5-6-15-16(8-12)27-10-26-15/h1-8,20H,9-10H2. The Labute approximate surface area is 162 Å². The zero-order valence-electron chi connectivity index (χ0n) is 14.5. The molecule has 2 aromatic carbocycles. The second-order valence-electron chi connectivity index (χ2n) is 6.29. The summed E-state index contributed by atoms with van der Waals surface area (Å²) in [7, 11) is 0. The lowest BCUT2D eigenvalue weighted by Crippen LogP contribution is -2.02. The molecule has 0 saturated carbocycles. The molecule has 0 unspecified atom stereocenters. The van der Waals surface area contributed by atoms with E-state index >= 15 is 0 Å². The van der Waals surface area contributed by atoms with Crippen molar-refractivity contribution in [1.29, 1.82) is 0 Å². The fourth-order valence-electron chi connectivity index (χ4n) is 3.16. The fourth-order valence-corrected chi connectivity index (χ4v) is 3.99. The molecule has 0 atom stereocenters. The Morgan fingerprint density at radius 3 is 2.96 bits per heavy atom. The predicted octanol–water partition coefficient (Wildman–Crippen LogP) is 3.64. The van der Waals surface area contributed by atoms with Gasteiger partial charge in [-0.1, -0.05) is 29.5 Å². The van der Waals surface area contributed by atoms with E-state index in [0.29, 0.717) is 17.3 Å². The van der Waals surface area contributed by atoms with Crippen LogP contribution in [0.5, 0.6) is 17.2 Å². The van der Waals surface area contributed by atoms with Gasteiger partial charge in [-0.15, -0.1) is 10.2 Å². The molecule has 1 aliphatic heterocycles. The van der Waals surface area contributed by atoms with Crippen LogP contribution in [0.25, 0.3) is 26.6 Å². The molecular weight excluding hydrogens is 378 g/mol. The third kappa shape index (κ3) is 2.48. The van der Waals surface area contributed by atoms with Gasteiger partial charge in [-0.25, -0.2) is 0 Å². The van der Waals surface area contributed by atoms with Crippen molar-refractivity contribution in [2.75, 3.05) is 6.79 Å². The van der Waals surface area contributed by atoms with Gasteiger partial charge in [-0.2, -0.15) is 9.61 Å². The van der Waals surface area contributed by atoms with Gasteiger partial charge in [0, 0.05) is 17.0 Å². The summed E-state index contributed by atoms with van der Waals surface area (Å²) < 4.78 is 18.3. The maximum absolute atomic E-state index is 5.84. The van der Waals surface area contributed by atoms with E-state index in [-0.39, 0.29) is 13.4 Å². The van der Waals surface area contributed by atoms with Gasteiger partial charge in [-0.05, 0) is 24.3 Å². The fraction of sp³-hybridized carbons (Fsp3) is 0.105. The molecule has 6 rings (SSSR count). The number of ether oxygens (including phenoxy) is 3. The SMILES string of the molecule is c1ccc2[nH]c(-c3nn4c(COc5ccc6c(c5)OCO6)nnc4s3)cc2c1. The second-order valence-corrected chi connectivity index (χ2v) is 7.25. The largest absolute Gasteiger partial charge is 0.485 e. The maximum Gasteiger partial charge on any atom is 0.235 e. The van der Waals surface area contributed by atoms with E-state index in [1.807, 2.05) is 30.3 Å². The van der Waals surface area contributed by atoms with Gasteiger partial charge in [0.25, 0.3) is 0 Å². The van der Waals surface area contributed by atoms with Crippen molar-refractivity contribution in [3.63, 3.8) is 0 Å². The lowest BCUT2D eigenvalue weighted by Gasteiger charge is -2.05. The molecule has 3 aromatic heterocycles. The Bertz CT molecular complexity index is 1290. The van der Waals surface area contributed by atoms with E-state index in [1.54, 1.807) is 10.6 Å². The van der Waals surface area contributed by atoms with Crippen molar-refractivity contribution < 1.29 is 14.2 Å². The van der Waals surface area contributed by atoms with Crippen LogP contribution in [-0.4, -0.2) is 31.6 Å². The van der Waals surface area contributed by atoms with Crippen molar-refractivity contribution in [2.24, 2.45) is 0 Å². The summed E-state index contributed by atoms with van der Waals surface area (Å²) in [6.07, 6.45) is 0. The number of H-pyrrole nitrogens is 1. The molecular formula is C19H13N5O3S. The highest BCUT2D eigenvalue weighted by Gasteiger charge is 2.17. The van der Waals surface area contributed by atoms with Crippen molar-refractivity contribution in [3.05, 3.63) is 54.4 Å². The molecule has 9 heteroatoms. The number of benzene rings is 2. The van der Waals surface area contributed by atoms with E-state index < -0.39 is 0 Å². The van der Waals surface area contributed by atoms with Gasteiger partial charge in [0.15, 0.2) is 22.3 Å². The Kier molecular flexibility index (Phi) is 3.29. The zero-order chi connectivity index (χ0) is 18.5. The Hall–Kier alpha value is -3.59. The van der Waals surface area contributed by atoms with Crippen molar-refractivity contribution in [1.82, 2.24) is 24.8 Å². The van der Waals surface area contributed by atoms with Crippen LogP contribution in [-0.2, 0) is 6.61 Å². The molecule has 0 bridgehead atoms. The van der Waals surface area contributed by atoms with Crippen molar-refractivity contribution in [2.45, 2.75) is 6.61 Å². The molecule has 0 aliphatic carbocycles. The van der Waals surface area contributed by atoms with E-state index in [2.05, 4.69) is 32.4 Å². The van der Waals surface area contributed by atoms with Crippen LogP contribution in [0, 0.1) is 0 Å². The first kappa shape index (κ1) is 15.5. The molecule has 0 fully saturated rings. The minimum Gasteiger partial charge on any atom is -0.485 e. The number of fused-ring (bicyclic) bond motifs is 3. The average Bonchev–Trinajstić information content (AvgIpc) is 3.48. The van der Waals surface area contributed by atoms with Crippen LogP contribution in [0.3, 0.4) is 0 Å². The van der Waals surface area contributed by atoms with Crippen molar-refractivity contribution in [3.8, 4) is 28.0 Å². The molecule has 8 nitrogen and oxygen atoms in total. The number of rotatable bonds is 4. The normalized spacial score (nSPS) is 12.9. The topological polar surface area (TPSA) is 86.6 Å². The number of nitrogens with zero attached hydrogens (tertiary/aromatic N) is 4. The molecule has 28 heavy (non-hydrogen) atoms. The number of para-hydroxylation sites is 1. The lowest BCUT2D eigenvalue weighted by atomic mass is 10.2. The Morgan fingerprint density at radius 2 is 2.00 bits per heavy atom. The summed E-state index contributed by atoms with van der Waals surface area (Å²) >= 11 is 1.48. The zero-order valence-corrected chi connectivity index (χ0v) is 15.3. The van der Waals surface area contributed by atoms with Gasteiger partial charge < -0.3 is 19.2 Å². The van der Waals surface area contributed by atoms with Gasteiger partial charge in [0.2, 0.25) is 11.8 Å². The predicted molar refractivity (Wildman–Crippen MR) is 103 cm³/mol. The quantitative estimate of drug-likeness (QED) is 0.503. The maximum atomic E-state index is 5.84. The first-order valence-electron chi connectivity index (χ1n) is 8.65. The number of aromatic amines is 1. The lowest BCUT2D eigenvalue weighted by molar-refractivity contribution is 0.173. The van der Waals surface area contributed by atoms with E-state index in [0.717, 1.165) is 32.3 Å².